The van der Waals surface area contributed by atoms with Crippen LogP contribution in [0.2, 0.25) is 0 Å². The second-order valence-electron chi connectivity index (χ2n) is 2.95. The maximum Gasteiger partial charge on any atom is 0.418 e. The van der Waals surface area contributed by atoms with Crippen molar-refractivity contribution >= 4 is 17.3 Å². The molecule has 7 nitrogen and oxygen atoms in total. The second-order valence-corrected chi connectivity index (χ2v) is 2.95. The van der Waals surface area contributed by atoms with Gasteiger partial charge in [0.25, 0.3) is 0 Å². The number of rotatable bonds is 3. The maximum atomic E-state index is 10.9. The summed E-state index contributed by atoms with van der Waals surface area (Å²) in [4.78, 5) is 19.9. The van der Waals surface area contributed by atoms with Crippen molar-refractivity contribution in [3.8, 4) is 0 Å². The standard InChI is InChI=1S/C9H7N5O2/c10-14-12-3-1-2-6-4-7-8(11-5-6)13-9(15)16-7/h1-2,4-5H,3H2,(H,11,13,15). The predicted molar refractivity (Wildman–Crippen MR) is 57.7 cm³/mol. The number of azide groups is 1. The van der Waals surface area contributed by atoms with Crippen LogP contribution in [0.15, 0.2) is 32.7 Å². The maximum absolute atomic E-state index is 10.9. The first-order chi connectivity index (χ1) is 7.79. The first-order valence-corrected chi connectivity index (χ1v) is 4.46. The lowest BCUT2D eigenvalue weighted by Crippen LogP contribution is -1.93. The average Bonchev–Trinajstić information content (AvgIpc) is 2.64. The van der Waals surface area contributed by atoms with Gasteiger partial charge in [-0.2, -0.15) is 0 Å². The van der Waals surface area contributed by atoms with E-state index >= 15 is 0 Å². The van der Waals surface area contributed by atoms with E-state index in [4.69, 9.17) is 9.95 Å². The first-order valence-electron chi connectivity index (χ1n) is 4.46. The van der Waals surface area contributed by atoms with Gasteiger partial charge in [0.2, 0.25) is 0 Å². The minimum Gasteiger partial charge on any atom is -0.406 e. The molecule has 0 aliphatic heterocycles. The first kappa shape index (κ1) is 10.0. The Labute approximate surface area is 89.0 Å². The van der Waals surface area contributed by atoms with Gasteiger partial charge in [-0.25, -0.2) is 9.78 Å². The smallest absolute Gasteiger partial charge is 0.406 e. The van der Waals surface area contributed by atoms with E-state index in [1.807, 2.05) is 0 Å². The molecule has 16 heavy (non-hydrogen) atoms. The monoisotopic (exact) mass is 217 g/mol. The van der Waals surface area contributed by atoms with Crippen LogP contribution in [0.4, 0.5) is 0 Å². The highest BCUT2D eigenvalue weighted by atomic mass is 16.4. The Morgan fingerprint density at radius 3 is 3.38 bits per heavy atom. The number of H-pyrrole nitrogens is 1. The summed E-state index contributed by atoms with van der Waals surface area (Å²) in [6.07, 6.45) is 5.00. The fourth-order valence-corrected chi connectivity index (χ4v) is 1.22. The molecule has 0 radical (unpaired) electrons. The van der Waals surface area contributed by atoms with E-state index in [0.717, 1.165) is 5.56 Å². The van der Waals surface area contributed by atoms with Gasteiger partial charge < -0.3 is 4.42 Å². The molecule has 80 valence electrons. The summed E-state index contributed by atoms with van der Waals surface area (Å²) in [5.41, 5.74) is 9.65. The lowest BCUT2D eigenvalue weighted by Gasteiger charge is -1.90. The summed E-state index contributed by atoms with van der Waals surface area (Å²) in [5, 5.41) is 3.35. The predicted octanol–water partition coefficient (Wildman–Crippen LogP) is 1.84. The summed E-state index contributed by atoms with van der Waals surface area (Å²) in [5.74, 6) is -0.530. The molecule has 0 saturated carbocycles. The molecular formula is C9H7N5O2. The lowest BCUT2D eigenvalue weighted by molar-refractivity contribution is 0.555. The molecule has 1 N–H and O–H groups in total. The summed E-state index contributed by atoms with van der Waals surface area (Å²) in [6, 6.07) is 1.67. The molecule has 2 rings (SSSR count). The van der Waals surface area contributed by atoms with Crippen LogP contribution in [0.5, 0.6) is 0 Å². The Morgan fingerprint density at radius 1 is 1.69 bits per heavy atom. The summed E-state index contributed by atoms with van der Waals surface area (Å²) < 4.78 is 4.85. The quantitative estimate of drug-likeness (QED) is 0.481. The van der Waals surface area contributed by atoms with Crippen LogP contribution >= 0.6 is 0 Å². The average molecular weight is 217 g/mol. The van der Waals surface area contributed by atoms with Crippen LogP contribution in [-0.2, 0) is 0 Å². The van der Waals surface area contributed by atoms with Gasteiger partial charge >= 0.3 is 5.76 Å². The molecule has 2 aromatic rings. The highest BCUT2D eigenvalue weighted by molar-refractivity contribution is 5.70. The van der Waals surface area contributed by atoms with E-state index in [0.29, 0.717) is 11.2 Å². The number of aromatic nitrogens is 2. The fourth-order valence-electron chi connectivity index (χ4n) is 1.22. The number of hydrogen-bond donors (Lipinski definition) is 1. The Bertz CT molecular complexity index is 633. The van der Waals surface area contributed by atoms with Crippen molar-refractivity contribution < 1.29 is 4.42 Å². The van der Waals surface area contributed by atoms with E-state index in [9.17, 15) is 4.79 Å². The molecule has 0 unspecified atom stereocenters. The SMILES string of the molecule is [N-]=[N+]=NCC=Cc1cnc2[nH]c(=O)oc2c1. The molecule has 0 amide bonds. The van der Waals surface area contributed by atoms with E-state index in [1.165, 1.54) is 0 Å². The van der Waals surface area contributed by atoms with Crippen LogP contribution < -0.4 is 5.76 Å². The zero-order valence-corrected chi connectivity index (χ0v) is 8.12. The Kier molecular flexibility index (Phi) is 2.71. The van der Waals surface area contributed by atoms with Gasteiger partial charge in [0.15, 0.2) is 11.2 Å². The third kappa shape index (κ3) is 2.10. The molecule has 0 saturated heterocycles. The zero-order chi connectivity index (χ0) is 11.4. The van der Waals surface area contributed by atoms with E-state index < -0.39 is 5.76 Å². The van der Waals surface area contributed by atoms with Crippen molar-refractivity contribution in [2.75, 3.05) is 6.54 Å². The van der Waals surface area contributed by atoms with E-state index in [1.54, 1.807) is 24.4 Å². The van der Waals surface area contributed by atoms with Crippen molar-refractivity contribution in [3.63, 3.8) is 0 Å². The third-order valence-electron chi connectivity index (χ3n) is 1.86. The van der Waals surface area contributed by atoms with Crippen molar-refractivity contribution in [2.24, 2.45) is 5.11 Å². The lowest BCUT2D eigenvalue weighted by atomic mass is 10.2. The van der Waals surface area contributed by atoms with Gasteiger partial charge in [-0.3, -0.25) is 4.98 Å². The number of fused-ring (bicyclic) bond motifs is 1. The van der Waals surface area contributed by atoms with Crippen LogP contribution in [-0.4, -0.2) is 16.5 Å². The number of oxazole rings is 1. The van der Waals surface area contributed by atoms with Gasteiger partial charge in [-0.15, -0.1) is 0 Å². The van der Waals surface area contributed by atoms with Crippen LogP contribution in [0.3, 0.4) is 0 Å². The fraction of sp³-hybridized carbons (Fsp3) is 0.111. The van der Waals surface area contributed by atoms with Crippen LogP contribution in [0.1, 0.15) is 5.56 Å². The molecule has 0 bridgehead atoms. The molecular weight excluding hydrogens is 210 g/mol. The topological polar surface area (TPSA) is 108 Å². The van der Waals surface area contributed by atoms with E-state index in [-0.39, 0.29) is 6.54 Å². The number of nitrogens with zero attached hydrogens (tertiary/aromatic N) is 4. The molecule has 0 aromatic carbocycles. The molecule has 2 heterocycles. The van der Waals surface area contributed by atoms with Gasteiger partial charge in [0.1, 0.15) is 0 Å². The number of nitrogens with one attached hydrogen (secondary N) is 1. The number of pyridine rings is 1. The van der Waals surface area contributed by atoms with Crippen LogP contribution in [0.25, 0.3) is 27.7 Å². The largest absolute Gasteiger partial charge is 0.418 e. The van der Waals surface area contributed by atoms with Gasteiger partial charge in [-0.1, -0.05) is 17.3 Å². The highest BCUT2D eigenvalue weighted by Gasteiger charge is 2.01. The van der Waals surface area contributed by atoms with Crippen molar-refractivity contribution in [1.82, 2.24) is 9.97 Å². The molecule has 0 spiro atoms. The van der Waals surface area contributed by atoms with Crippen molar-refractivity contribution in [3.05, 3.63) is 44.9 Å². The third-order valence-corrected chi connectivity index (χ3v) is 1.86. The second kappa shape index (κ2) is 4.33. The van der Waals surface area contributed by atoms with Gasteiger partial charge in [-0.05, 0) is 17.2 Å². The van der Waals surface area contributed by atoms with Gasteiger partial charge in [0.05, 0.1) is 0 Å². The Morgan fingerprint density at radius 2 is 2.56 bits per heavy atom. The van der Waals surface area contributed by atoms with E-state index in [2.05, 4.69) is 20.0 Å². The molecule has 2 aromatic heterocycles. The van der Waals surface area contributed by atoms with Crippen LogP contribution in [0, 0.1) is 0 Å². The summed E-state index contributed by atoms with van der Waals surface area (Å²) >= 11 is 0. The summed E-state index contributed by atoms with van der Waals surface area (Å²) in [7, 11) is 0. The number of hydrogen-bond acceptors (Lipinski definition) is 4. The molecule has 0 aliphatic rings. The van der Waals surface area contributed by atoms with Crippen molar-refractivity contribution in [2.45, 2.75) is 0 Å². The molecule has 0 atom stereocenters. The summed E-state index contributed by atoms with van der Waals surface area (Å²) in [6.45, 7) is 0.269. The van der Waals surface area contributed by atoms with Gasteiger partial charge in [0, 0.05) is 17.7 Å². The zero-order valence-electron chi connectivity index (χ0n) is 8.12. The molecule has 0 aliphatic carbocycles. The Balaban J connectivity index is 2.28. The highest BCUT2D eigenvalue weighted by Crippen LogP contribution is 2.10. The Hall–Kier alpha value is -2.53. The molecule has 7 heteroatoms. The minimum atomic E-state index is -0.530. The number of aromatic amines is 1. The van der Waals surface area contributed by atoms with Crippen molar-refractivity contribution in [1.29, 1.82) is 0 Å². The normalized spacial score (nSPS) is 10.8. The molecule has 0 fully saturated rings. The minimum absolute atomic E-state index is 0.269.